The number of halogens is 1. The number of hydrogen-bond acceptors (Lipinski definition) is 3. The van der Waals surface area contributed by atoms with Crippen molar-refractivity contribution in [1.29, 1.82) is 0 Å². The molecule has 0 unspecified atom stereocenters. The van der Waals surface area contributed by atoms with E-state index < -0.39 is 6.04 Å². The first-order valence-corrected chi connectivity index (χ1v) is 11.9. The maximum Gasteiger partial charge on any atom is 0.242 e. The molecule has 0 fully saturated rings. The van der Waals surface area contributed by atoms with Gasteiger partial charge in [-0.05, 0) is 49.9 Å². The van der Waals surface area contributed by atoms with Crippen LogP contribution in [0.15, 0.2) is 54.6 Å². The fraction of sp³-hybridized carbons (Fsp3) is 0.417. The number of nitrogens with zero attached hydrogens (tertiary/aromatic N) is 1. The van der Waals surface area contributed by atoms with E-state index in [1.54, 1.807) is 16.7 Å². The fourth-order valence-electron chi connectivity index (χ4n) is 2.96. The molecule has 162 valence electrons. The molecule has 2 rings (SSSR count). The first kappa shape index (κ1) is 24.3. The Hall–Kier alpha value is -1.98. The average molecular weight is 447 g/mol. The van der Waals surface area contributed by atoms with Gasteiger partial charge in [0.15, 0.2) is 0 Å². The van der Waals surface area contributed by atoms with Crippen LogP contribution in [0.5, 0.6) is 0 Å². The van der Waals surface area contributed by atoms with Gasteiger partial charge in [-0.15, -0.1) is 11.8 Å². The molecule has 0 aliphatic heterocycles. The van der Waals surface area contributed by atoms with Gasteiger partial charge in [0.25, 0.3) is 0 Å². The van der Waals surface area contributed by atoms with Gasteiger partial charge in [-0.1, -0.05) is 61.0 Å². The van der Waals surface area contributed by atoms with Crippen molar-refractivity contribution in [3.63, 3.8) is 0 Å². The number of carbonyl (C=O) groups is 2. The third-order valence-electron chi connectivity index (χ3n) is 5.06. The second-order valence-electron chi connectivity index (χ2n) is 7.44. The molecule has 6 heteroatoms. The van der Waals surface area contributed by atoms with Crippen molar-refractivity contribution in [1.82, 2.24) is 10.2 Å². The highest BCUT2D eigenvalue weighted by Crippen LogP contribution is 2.17. The summed E-state index contributed by atoms with van der Waals surface area (Å²) in [6.45, 7) is 6.33. The van der Waals surface area contributed by atoms with E-state index in [-0.39, 0.29) is 17.9 Å². The van der Waals surface area contributed by atoms with Gasteiger partial charge in [-0.25, -0.2) is 0 Å². The van der Waals surface area contributed by atoms with E-state index in [1.807, 2.05) is 75.4 Å². The summed E-state index contributed by atoms with van der Waals surface area (Å²) in [5, 5.41) is 3.70. The Kier molecular flexibility index (Phi) is 10.2. The van der Waals surface area contributed by atoms with Crippen LogP contribution >= 0.6 is 23.4 Å². The fourth-order valence-corrected chi connectivity index (χ4v) is 3.95. The summed E-state index contributed by atoms with van der Waals surface area (Å²) in [6, 6.07) is 17.3. The Balaban J connectivity index is 1.99. The van der Waals surface area contributed by atoms with Gasteiger partial charge in [0.05, 0.1) is 5.75 Å². The summed E-state index contributed by atoms with van der Waals surface area (Å²) in [7, 11) is 0. The summed E-state index contributed by atoms with van der Waals surface area (Å²) >= 11 is 7.48. The molecule has 0 radical (unpaired) electrons. The Morgan fingerprint density at radius 2 is 1.70 bits per heavy atom. The van der Waals surface area contributed by atoms with Crippen molar-refractivity contribution in [2.24, 2.45) is 0 Å². The molecule has 0 heterocycles. The third kappa shape index (κ3) is 8.04. The molecule has 4 nitrogen and oxygen atoms in total. The number of benzene rings is 2. The monoisotopic (exact) mass is 446 g/mol. The Morgan fingerprint density at radius 1 is 1.03 bits per heavy atom. The van der Waals surface area contributed by atoms with Crippen molar-refractivity contribution in [3.05, 3.63) is 70.7 Å². The van der Waals surface area contributed by atoms with Crippen molar-refractivity contribution in [2.45, 2.75) is 51.4 Å². The Labute approximate surface area is 189 Å². The van der Waals surface area contributed by atoms with Crippen LogP contribution < -0.4 is 5.32 Å². The number of thioether (sulfide) groups is 1. The number of carbonyl (C=O) groups excluding carboxylic acids is 2. The van der Waals surface area contributed by atoms with Gasteiger partial charge in [0.2, 0.25) is 11.8 Å². The van der Waals surface area contributed by atoms with Gasteiger partial charge in [0, 0.05) is 23.4 Å². The minimum atomic E-state index is -0.508. The highest BCUT2D eigenvalue weighted by atomic mass is 35.5. The smallest absolute Gasteiger partial charge is 0.242 e. The average Bonchev–Trinajstić information content (AvgIpc) is 2.75. The first-order chi connectivity index (χ1) is 14.4. The predicted molar refractivity (Wildman–Crippen MR) is 127 cm³/mol. The summed E-state index contributed by atoms with van der Waals surface area (Å²) in [4.78, 5) is 27.4. The number of nitrogens with one attached hydrogen (secondary N) is 1. The zero-order valence-corrected chi connectivity index (χ0v) is 19.5. The lowest BCUT2D eigenvalue weighted by Gasteiger charge is -2.29. The van der Waals surface area contributed by atoms with Crippen LogP contribution in [0.1, 0.15) is 38.3 Å². The lowest BCUT2D eigenvalue weighted by molar-refractivity contribution is -0.138. The van der Waals surface area contributed by atoms with Crippen molar-refractivity contribution in [2.75, 3.05) is 12.3 Å². The van der Waals surface area contributed by atoms with Gasteiger partial charge >= 0.3 is 0 Å². The molecular weight excluding hydrogens is 416 g/mol. The molecule has 30 heavy (non-hydrogen) atoms. The Morgan fingerprint density at radius 3 is 2.33 bits per heavy atom. The van der Waals surface area contributed by atoms with Crippen LogP contribution in [-0.2, 0) is 21.8 Å². The molecular formula is C24H31ClN2O2S. The zero-order valence-electron chi connectivity index (χ0n) is 17.9. The minimum absolute atomic E-state index is 0.0169. The molecule has 1 N–H and O–H groups in total. The van der Waals surface area contributed by atoms with Crippen molar-refractivity contribution >= 4 is 35.2 Å². The van der Waals surface area contributed by atoms with E-state index in [9.17, 15) is 9.59 Å². The van der Waals surface area contributed by atoms with Crippen LogP contribution in [0.25, 0.3) is 0 Å². The standard InChI is InChI=1S/C24H31ClN2O2S/c1-4-18(2)26-24(29)19(3)27(15-14-20-8-6-5-7-9-20)23(28)17-30-16-21-10-12-22(25)13-11-21/h5-13,18-19H,4,14-17H2,1-3H3,(H,26,29)/t18-,19-/m1/s1. The van der Waals surface area contributed by atoms with E-state index in [2.05, 4.69) is 5.32 Å². The molecule has 2 atom stereocenters. The van der Waals surface area contributed by atoms with Gasteiger partial charge in [-0.3, -0.25) is 9.59 Å². The SMILES string of the molecule is CC[C@@H](C)NC(=O)[C@@H](C)N(CCc1ccccc1)C(=O)CSCc1ccc(Cl)cc1. The maximum absolute atomic E-state index is 13.0. The molecule has 0 spiro atoms. The van der Waals surface area contributed by atoms with E-state index in [0.717, 1.165) is 29.7 Å². The Bertz CT molecular complexity index is 799. The summed E-state index contributed by atoms with van der Waals surface area (Å²) in [5.41, 5.74) is 2.27. The van der Waals surface area contributed by atoms with Crippen molar-refractivity contribution < 1.29 is 9.59 Å². The van der Waals surface area contributed by atoms with Crippen LogP contribution in [0.2, 0.25) is 5.02 Å². The summed E-state index contributed by atoms with van der Waals surface area (Å²) in [6.07, 6.45) is 1.57. The van der Waals surface area contributed by atoms with E-state index in [4.69, 9.17) is 11.6 Å². The van der Waals surface area contributed by atoms with E-state index in [0.29, 0.717) is 17.3 Å². The topological polar surface area (TPSA) is 49.4 Å². The highest BCUT2D eigenvalue weighted by molar-refractivity contribution is 7.99. The molecule has 0 saturated heterocycles. The van der Waals surface area contributed by atoms with E-state index >= 15 is 0 Å². The van der Waals surface area contributed by atoms with Gasteiger partial charge in [0.1, 0.15) is 6.04 Å². The normalized spacial score (nSPS) is 12.8. The number of hydrogen-bond donors (Lipinski definition) is 1. The number of amides is 2. The first-order valence-electron chi connectivity index (χ1n) is 10.4. The minimum Gasteiger partial charge on any atom is -0.352 e. The molecule has 2 aromatic rings. The molecule has 0 aliphatic rings. The second-order valence-corrected chi connectivity index (χ2v) is 8.86. The maximum atomic E-state index is 13.0. The van der Waals surface area contributed by atoms with Crippen molar-refractivity contribution in [3.8, 4) is 0 Å². The van der Waals surface area contributed by atoms with Crippen LogP contribution in [0.4, 0.5) is 0 Å². The van der Waals surface area contributed by atoms with Crippen LogP contribution in [0, 0.1) is 0 Å². The highest BCUT2D eigenvalue weighted by Gasteiger charge is 2.26. The van der Waals surface area contributed by atoms with Crippen LogP contribution in [-0.4, -0.2) is 41.1 Å². The molecule has 2 amide bonds. The molecule has 2 aromatic carbocycles. The van der Waals surface area contributed by atoms with E-state index in [1.165, 1.54) is 0 Å². The predicted octanol–water partition coefficient (Wildman–Crippen LogP) is 4.95. The third-order valence-corrected chi connectivity index (χ3v) is 6.30. The second kappa shape index (κ2) is 12.7. The lowest BCUT2D eigenvalue weighted by Crippen LogP contribution is -2.51. The van der Waals surface area contributed by atoms with Gasteiger partial charge < -0.3 is 10.2 Å². The quantitative estimate of drug-likeness (QED) is 0.531. The molecule has 0 bridgehead atoms. The molecule has 0 aliphatic carbocycles. The lowest BCUT2D eigenvalue weighted by atomic mass is 10.1. The summed E-state index contributed by atoms with van der Waals surface area (Å²) < 4.78 is 0. The zero-order chi connectivity index (χ0) is 21.9. The largest absolute Gasteiger partial charge is 0.352 e. The van der Waals surface area contributed by atoms with Crippen LogP contribution in [0.3, 0.4) is 0 Å². The summed E-state index contributed by atoms with van der Waals surface area (Å²) in [5.74, 6) is 0.937. The van der Waals surface area contributed by atoms with Gasteiger partial charge in [-0.2, -0.15) is 0 Å². The molecule has 0 saturated carbocycles. The number of rotatable bonds is 11. The molecule has 0 aromatic heterocycles.